The first-order valence-corrected chi connectivity index (χ1v) is 5.95. The van der Waals surface area contributed by atoms with Crippen molar-refractivity contribution in [2.24, 2.45) is 0 Å². The van der Waals surface area contributed by atoms with Crippen molar-refractivity contribution < 1.29 is 24.1 Å². The molecule has 98 valence electrons. The molecule has 0 saturated carbocycles. The third-order valence-corrected chi connectivity index (χ3v) is 2.67. The van der Waals surface area contributed by atoms with Gasteiger partial charge in [0.05, 0.1) is 25.4 Å². The zero-order valence-electron chi connectivity index (χ0n) is 10.2. The van der Waals surface area contributed by atoms with Gasteiger partial charge in [-0.3, -0.25) is 0 Å². The fourth-order valence-corrected chi connectivity index (χ4v) is 1.79. The van der Waals surface area contributed by atoms with Crippen molar-refractivity contribution in [3.63, 3.8) is 0 Å². The molecule has 5 heteroatoms. The second kappa shape index (κ2) is 5.73. The van der Waals surface area contributed by atoms with E-state index in [9.17, 15) is 4.79 Å². The summed E-state index contributed by atoms with van der Waals surface area (Å²) in [6.45, 7) is 3.56. The monoisotopic (exact) mass is 252 g/mol. The molecule has 0 aliphatic carbocycles. The van der Waals surface area contributed by atoms with E-state index in [2.05, 4.69) is 0 Å². The largest absolute Gasteiger partial charge is 0.490 e. The van der Waals surface area contributed by atoms with E-state index in [-0.39, 0.29) is 11.7 Å². The van der Waals surface area contributed by atoms with Crippen LogP contribution in [0.15, 0.2) is 18.2 Å². The van der Waals surface area contributed by atoms with Crippen molar-refractivity contribution >= 4 is 5.97 Å². The highest BCUT2D eigenvalue weighted by Gasteiger charge is 2.19. The summed E-state index contributed by atoms with van der Waals surface area (Å²) in [6, 6.07) is 4.62. The first-order valence-electron chi connectivity index (χ1n) is 5.95. The van der Waals surface area contributed by atoms with E-state index in [4.69, 9.17) is 19.3 Å². The number of benzene rings is 1. The second-order valence-electron chi connectivity index (χ2n) is 4.00. The molecule has 0 bridgehead atoms. The summed E-state index contributed by atoms with van der Waals surface area (Å²) >= 11 is 0. The minimum atomic E-state index is -0.980. The van der Waals surface area contributed by atoms with Crippen molar-refractivity contribution in [1.82, 2.24) is 0 Å². The van der Waals surface area contributed by atoms with Crippen LogP contribution in [0.1, 0.15) is 23.7 Å². The molecule has 1 aromatic rings. The van der Waals surface area contributed by atoms with Crippen molar-refractivity contribution in [3.05, 3.63) is 23.8 Å². The molecular formula is C13H16O5. The molecule has 1 aliphatic heterocycles. The molecule has 0 radical (unpaired) electrons. The maximum Gasteiger partial charge on any atom is 0.335 e. The Morgan fingerprint density at radius 1 is 1.50 bits per heavy atom. The first-order chi connectivity index (χ1) is 8.70. The van der Waals surface area contributed by atoms with E-state index in [1.165, 1.54) is 12.1 Å². The molecule has 2 rings (SSSR count). The fraction of sp³-hybridized carbons (Fsp3) is 0.462. The van der Waals surface area contributed by atoms with Crippen LogP contribution in [-0.4, -0.2) is 37.0 Å². The van der Waals surface area contributed by atoms with Crippen LogP contribution >= 0.6 is 0 Å². The molecule has 0 amide bonds. The quantitative estimate of drug-likeness (QED) is 0.867. The molecule has 1 aliphatic rings. The average Bonchev–Trinajstić information content (AvgIpc) is 2.84. The average molecular weight is 252 g/mol. The maximum absolute atomic E-state index is 10.9. The van der Waals surface area contributed by atoms with Gasteiger partial charge >= 0.3 is 5.97 Å². The van der Waals surface area contributed by atoms with E-state index >= 15 is 0 Å². The van der Waals surface area contributed by atoms with Crippen molar-refractivity contribution in [2.45, 2.75) is 19.4 Å². The van der Waals surface area contributed by atoms with Crippen molar-refractivity contribution in [3.8, 4) is 11.5 Å². The highest BCUT2D eigenvalue weighted by Crippen LogP contribution is 2.30. The zero-order valence-corrected chi connectivity index (χ0v) is 10.2. The number of hydrogen-bond acceptors (Lipinski definition) is 4. The fourth-order valence-electron chi connectivity index (χ4n) is 1.79. The molecule has 0 spiro atoms. The van der Waals surface area contributed by atoms with Crippen LogP contribution in [-0.2, 0) is 4.74 Å². The van der Waals surface area contributed by atoms with Gasteiger partial charge in [0.1, 0.15) is 6.10 Å². The lowest BCUT2D eigenvalue weighted by atomic mass is 10.2. The van der Waals surface area contributed by atoms with Gasteiger partial charge in [-0.2, -0.15) is 0 Å². The van der Waals surface area contributed by atoms with Crippen molar-refractivity contribution in [2.75, 3.05) is 19.8 Å². The Hall–Kier alpha value is -1.75. The molecule has 1 atom stereocenters. The number of hydrogen-bond donors (Lipinski definition) is 1. The summed E-state index contributed by atoms with van der Waals surface area (Å²) in [5.74, 6) is 0.0494. The molecule has 1 fully saturated rings. The van der Waals surface area contributed by atoms with Gasteiger partial charge in [0.15, 0.2) is 11.5 Å². The highest BCUT2D eigenvalue weighted by molar-refractivity contribution is 5.88. The smallest absolute Gasteiger partial charge is 0.335 e. The maximum atomic E-state index is 10.9. The topological polar surface area (TPSA) is 65.0 Å². The van der Waals surface area contributed by atoms with Crippen LogP contribution in [0.5, 0.6) is 11.5 Å². The van der Waals surface area contributed by atoms with Gasteiger partial charge in [-0.15, -0.1) is 0 Å². The number of carbonyl (C=O) groups is 1. The summed E-state index contributed by atoms with van der Waals surface area (Å²) in [4.78, 5) is 10.9. The van der Waals surface area contributed by atoms with E-state index in [1.54, 1.807) is 6.07 Å². The predicted molar refractivity (Wildman–Crippen MR) is 64.4 cm³/mol. The third-order valence-electron chi connectivity index (χ3n) is 2.67. The molecule has 1 saturated heterocycles. The van der Waals surface area contributed by atoms with Gasteiger partial charge in [-0.05, 0) is 25.1 Å². The van der Waals surface area contributed by atoms with Gasteiger partial charge in [-0.1, -0.05) is 0 Å². The lowest BCUT2D eigenvalue weighted by Crippen LogP contribution is -2.16. The molecule has 1 unspecified atom stereocenters. The van der Waals surface area contributed by atoms with Gasteiger partial charge in [0.2, 0.25) is 0 Å². The van der Waals surface area contributed by atoms with Crippen LogP contribution in [0.2, 0.25) is 0 Å². The number of carboxylic acids is 1. The van der Waals surface area contributed by atoms with Crippen LogP contribution in [0.25, 0.3) is 0 Å². The van der Waals surface area contributed by atoms with Gasteiger partial charge in [0, 0.05) is 6.42 Å². The SMILES string of the molecule is CCOc1cc(C(=O)O)ccc1OC1CCOC1. The molecule has 5 nitrogen and oxygen atoms in total. The number of ether oxygens (including phenoxy) is 3. The van der Waals surface area contributed by atoms with Gasteiger partial charge < -0.3 is 19.3 Å². The standard InChI is InChI=1S/C13H16O5/c1-2-17-12-7-9(13(14)15)3-4-11(12)18-10-5-6-16-8-10/h3-4,7,10H,2,5-6,8H2,1H3,(H,14,15). The van der Waals surface area contributed by atoms with E-state index in [1.807, 2.05) is 6.92 Å². The third kappa shape index (κ3) is 2.92. The minimum absolute atomic E-state index is 0.0138. The Bertz CT molecular complexity index is 423. The Morgan fingerprint density at radius 3 is 2.94 bits per heavy atom. The van der Waals surface area contributed by atoms with E-state index in [0.29, 0.717) is 31.3 Å². The minimum Gasteiger partial charge on any atom is -0.490 e. The zero-order chi connectivity index (χ0) is 13.0. The van der Waals surface area contributed by atoms with Gasteiger partial charge in [-0.25, -0.2) is 4.79 Å². The van der Waals surface area contributed by atoms with E-state index in [0.717, 1.165) is 6.42 Å². The molecule has 18 heavy (non-hydrogen) atoms. The van der Waals surface area contributed by atoms with Crippen LogP contribution in [0.3, 0.4) is 0 Å². The van der Waals surface area contributed by atoms with Crippen LogP contribution in [0, 0.1) is 0 Å². The predicted octanol–water partition coefficient (Wildman–Crippen LogP) is 1.95. The number of rotatable bonds is 5. The number of carboxylic acid groups (broad SMARTS) is 1. The Morgan fingerprint density at radius 2 is 2.33 bits per heavy atom. The molecule has 1 aromatic carbocycles. The molecule has 1 heterocycles. The van der Waals surface area contributed by atoms with Crippen LogP contribution < -0.4 is 9.47 Å². The Kier molecular flexibility index (Phi) is 4.04. The summed E-state index contributed by atoms with van der Waals surface area (Å²) in [7, 11) is 0. The van der Waals surface area contributed by atoms with Crippen LogP contribution in [0.4, 0.5) is 0 Å². The molecule has 1 N–H and O–H groups in total. The van der Waals surface area contributed by atoms with Gasteiger partial charge in [0.25, 0.3) is 0 Å². The van der Waals surface area contributed by atoms with Crippen molar-refractivity contribution in [1.29, 1.82) is 0 Å². The lowest BCUT2D eigenvalue weighted by molar-refractivity contribution is 0.0696. The second-order valence-corrected chi connectivity index (χ2v) is 4.00. The Balaban J connectivity index is 2.19. The molecule has 0 aromatic heterocycles. The summed E-state index contributed by atoms with van der Waals surface area (Å²) in [5, 5.41) is 8.94. The lowest BCUT2D eigenvalue weighted by Gasteiger charge is -2.16. The summed E-state index contributed by atoms with van der Waals surface area (Å²) in [5.41, 5.74) is 0.188. The van der Waals surface area contributed by atoms with E-state index < -0.39 is 5.97 Å². The normalized spacial score (nSPS) is 18.6. The number of aromatic carboxylic acids is 1. The first kappa shape index (κ1) is 12.7. The summed E-state index contributed by atoms with van der Waals surface area (Å²) in [6.07, 6.45) is 0.853. The Labute approximate surface area is 105 Å². The highest BCUT2D eigenvalue weighted by atomic mass is 16.6. The molecular weight excluding hydrogens is 236 g/mol. The summed E-state index contributed by atoms with van der Waals surface area (Å²) < 4.78 is 16.4.